The van der Waals surface area contributed by atoms with Crippen molar-refractivity contribution in [2.24, 2.45) is 12.0 Å². The molecule has 0 aromatic carbocycles. The first-order valence-corrected chi connectivity index (χ1v) is 9.05. The van der Waals surface area contributed by atoms with Crippen LogP contribution in [0.1, 0.15) is 58.2 Å². The highest BCUT2D eigenvalue weighted by molar-refractivity contribution is 14.0. The lowest BCUT2D eigenvalue weighted by atomic mass is 10.1. The molecule has 0 aliphatic rings. The third-order valence-electron chi connectivity index (χ3n) is 3.64. The molecule has 0 saturated heterocycles. The lowest BCUT2D eigenvalue weighted by Gasteiger charge is -2.22. The van der Waals surface area contributed by atoms with Crippen molar-refractivity contribution < 1.29 is 4.79 Å². The molecule has 0 unspecified atom stereocenters. The number of aliphatic imine (C=N–C) groups is 1. The zero-order valence-corrected chi connectivity index (χ0v) is 19.5. The van der Waals surface area contributed by atoms with Gasteiger partial charge in [0.1, 0.15) is 0 Å². The Hall–Kier alpha value is -1.32. The van der Waals surface area contributed by atoms with E-state index in [1.807, 2.05) is 39.5 Å². The molecule has 0 radical (unpaired) electrons. The van der Waals surface area contributed by atoms with E-state index in [1.54, 1.807) is 0 Å². The van der Waals surface area contributed by atoms with Gasteiger partial charge >= 0.3 is 0 Å². The second kappa shape index (κ2) is 12.1. The van der Waals surface area contributed by atoms with Gasteiger partial charge in [-0.05, 0) is 26.7 Å². The predicted molar refractivity (Wildman–Crippen MR) is 118 cm³/mol. The monoisotopic (exact) mass is 478 g/mol. The maximum atomic E-state index is 11.8. The van der Waals surface area contributed by atoms with Gasteiger partial charge < -0.3 is 15.5 Å². The number of carbonyl (C=O) groups excluding carboxylic acids is 1. The van der Waals surface area contributed by atoms with E-state index in [4.69, 9.17) is 0 Å². The Bertz CT molecular complexity index is 582. The van der Waals surface area contributed by atoms with Crippen LogP contribution < -0.4 is 10.6 Å². The Morgan fingerprint density at radius 2 is 2.00 bits per heavy atom. The number of hydrogen-bond acceptors (Lipinski definition) is 3. The summed E-state index contributed by atoms with van der Waals surface area (Å²) >= 11 is 0. The van der Waals surface area contributed by atoms with Gasteiger partial charge in [0.05, 0.1) is 12.2 Å². The van der Waals surface area contributed by atoms with Crippen molar-refractivity contribution in [1.29, 1.82) is 0 Å². The SMILES string of the molecule is CCNC(=NCCC(=O)NC(C)C)N(C)Cc1cn(C)nc1C(C)C.I. The van der Waals surface area contributed by atoms with Crippen LogP contribution in [0.15, 0.2) is 11.2 Å². The van der Waals surface area contributed by atoms with Gasteiger partial charge in [0, 0.05) is 51.4 Å². The molecule has 0 atom stereocenters. The molecule has 0 aliphatic heterocycles. The minimum Gasteiger partial charge on any atom is -0.357 e. The number of carbonyl (C=O) groups is 1. The highest BCUT2D eigenvalue weighted by atomic mass is 127. The topological polar surface area (TPSA) is 74.6 Å². The number of guanidine groups is 1. The van der Waals surface area contributed by atoms with E-state index in [0.717, 1.165) is 24.7 Å². The van der Waals surface area contributed by atoms with Crippen molar-refractivity contribution in [3.63, 3.8) is 0 Å². The second-order valence-corrected chi connectivity index (χ2v) is 6.93. The first-order valence-electron chi connectivity index (χ1n) is 9.05. The van der Waals surface area contributed by atoms with Gasteiger partial charge in [-0.1, -0.05) is 13.8 Å². The van der Waals surface area contributed by atoms with E-state index in [1.165, 1.54) is 5.56 Å². The van der Waals surface area contributed by atoms with E-state index in [-0.39, 0.29) is 35.9 Å². The van der Waals surface area contributed by atoms with Crippen molar-refractivity contribution >= 4 is 35.8 Å². The van der Waals surface area contributed by atoms with E-state index in [2.05, 4.69) is 45.7 Å². The van der Waals surface area contributed by atoms with Gasteiger partial charge in [-0.25, -0.2) is 0 Å². The standard InChI is InChI=1S/C18H34N6O.HI/c1-8-19-18(20-10-9-16(25)21-14(4)5)23(6)11-15-12-24(7)22-17(15)13(2)3;/h12-14H,8-11H2,1-7H3,(H,19,20)(H,21,25);1H. The van der Waals surface area contributed by atoms with Gasteiger partial charge in [-0.3, -0.25) is 14.5 Å². The summed E-state index contributed by atoms with van der Waals surface area (Å²) in [5, 5.41) is 10.7. The lowest BCUT2D eigenvalue weighted by molar-refractivity contribution is -0.121. The quantitative estimate of drug-likeness (QED) is 0.342. The molecule has 1 aromatic rings. The van der Waals surface area contributed by atoms with Gasteiger partial charge in [0.2, 0.25) is 5.91 Å². The fourth-order valence-electron chi connectivity index (χ4n) is 2.62. The zero-order chi connectivity index (χ0) is 19.0. The van der Waals surface area contributed by atoms with Crippen molar-refractivity contribution in [3.05, 3.63) is 17.5 Å². The fraction of sp³-hybridized carbons (Fsp3) is 0.722. The Morgan fingerprint density at radius 3 is 2.54 bits per heavy atom. The lowest BCUT2D eigenvalue weighted by Crippen LogP contribution is -2.39. The molecule has 8 heteroatoms. The molecule has 0 aliphatic carbocycles. The molecule has 1 aromatic heterocycles. The molecule has 26 heavy (non-hydrogen) atoms. The highest BCUT2D eigenvalue weighted by Crippen LogP contribution is 2.18. The van der Waals surface area contributed by atoms with Crippen LogP contribution in [0, 0.1) is 0 Å². The van der Waals surface area contributed by atoms with E-state index >= 15 is 0 Å². The Labute approximate surface area is 175 Å². The average molecular weight is 478 g/mol. The Balaban J connectivity index is 0.00000625. The molecule has 1 heterocycles. The number of aryl methyl sites for hydroxylation is 1. The number of amides is 1. The van der Waals surface area contributed by atoms with Crippen molar-refractivity contribution in [2.45, 2.75) is 59.5 Å². The van der Waals surface area contributed by atoms with Crippen molar-refractivity contribution in [3.8, 4) is 0 Å². The molecule has 7 nitrogen and oxygen atoms in total. The van der Waals surface area contributed by atoms with E-state index < -0.39 is 0 Å². The number of hydrogen-bond donors (Lipinski definition) is 2. The van der Waals surface area contributed by atoms with Gasteiger partial charge in [-0.2, -0.15) is 5.10 Å². The van der Waals surface area contributed by atoms with Crippen LogP contribution in [0.5, 0.6) is 0 Å². The summed E-state index contributed by atoms with van der Waals surface area (Å²) in [6, 6.07) is 0.160. The number of halogens is 1. The van der Waals surface area contributed by atoms with Crippen LogP contribution in [-0.4, -0.2) is 52.7 Å². The smallest absolute Gasteiger partial charge is 0.222 e. The van der Waals surface area contributed by atoms with Crippen LogP contribution in [-0.2, 0) is 18.4 Å². The first kappa shape index (κ1) is 24.7. The Kier molecular flexibility index (Phi) is 11.5. The third-order valence-corrected chi connectivity index (χ3v) is 3.64. The van der Waals surface area contributed by atoms with Gasteiger partial charge in [0.15, 0.2) is 5.96 Å². The molecular formula is C18H35IN6O. The third kappa shape index (κ3) is 8.37. The van der Waals surface area contributed by atoms with Gasteiger partial charge in [-0.15, -0.1) is 24.0 Å². The Morgan fingerprint density at radius 1 is 1.35 bits per heavy atom. The number of rotatable bonds is 8. The number of nitrogens with one attached hydrogen (secondary N) is 2. The molecular weight excluding hydrogens is 443 g/mol. The van der Waals surface area contributed by atoms with Crippen LogP contribution in [0.2, 0.25) is 0 Å². The molecule has 0 fully saturated rings. The maximum Gasteiger partial charge on any atom is 0.222 e. The predicted octanol–water partition coefficient (Wildman–Crippen LogP) is 2.47. The minimum absolute atomic E-state index is 0. The van der Waals surface area contributed by atoms with E-state index in [9.17, 15) is 4.79 Å². The molecule has 0 spiro atoms. The van der Waals surface area contributed by atoms with Crippen LogP contribution in [0.4, 0.5) is 0 Å². The average Bonchev–Trinajstić information content (AvgIpc) is 2.86. The number of aromatic nitrogens is 2. The molecule has 1 rings (SSSR count). The molecule has 1 amide bonds. The second-order valence-electron chi connectivity index (χ2n) is 6.93. The van der Waals surface area contributed by atoms with E-state index in [0.29, 0.717) is 18.9 Å². The summed E-state index contributed by atoms with van der Waals surface area (Å²) in [6.45, 7) is 12.2. The van der Waals surface area contributed by atoms with Crippen LogP contribution >= 0.6 is 24.0 Å². The summed E-state index contributed by atoms with van der Waals surface area (Å²) in [7, 11) is 3.95. The van der Waals surface area contributed by atoms with Crippen LogP contribution in [0.25, 0.3) is 0 Å². The van der Waals surface area contributed by atoms with Crippen LogP contribution in [0.3, 0.4) is 0 Å². The fourth-order valence-corrected chi connectivity index (χ4v) is 2.62. The minimum atomic E-state index is 0. The van der Waals surface area contributed by atoms with Crippen molar-refractivity contribution in [1.82, 2.24) is 25.3 Å². The first-order chi connectivity index (χ1) is 11.7. The molecule has 2 N–H and O–H groups in total. The summed E-state index contributed by atoms with van der Waals surface area (Å²) in [4.78, 5) is 18.4. The molecule has 0 saturated carbocycles. The normalized spacial score (nSPS) is 11.5. The summed E-state index contributed by atoms with van der Waals surface area (Å²) in [5.74, 6) is 1.22. The largest absolute Gasteiger partial charge is 0.357 e. The maximum absolute atomic E-state index is 11.8. The summed E-state index contributed by atoms with van der Waals surface area (Å²) in [5.41, 5.74) is 2.31. The van der Waals surface area contributed by atoms with Gasteiger partial charge in [0.25, 0.3) is 0 Å². The van der Waals surface area contributed by atoms with Crippen molar-refractivity contribution in [2.75, 3.05) is 20.1 Å². The number of nitrogens with zero attached hydrogens (tertiary/aromatic N) is 4. The molecule has 0 bridgehead atoms. The highest BCUT2D eigenvalue weighted by Gasteiger charge is 2.15. The zero-order valence-electron chi connectivity index (χ0n) is 17.2. The molecule has 150 valence electrons. The summed E-state index contributed by atoms with van der Waals surface area (Å²) < 4.78 is 1.86. The summed E-state index contributed by atoms with van der Waals surface area (Å²) in [6.07, 6.45) is 2.45.